The number of nitrogens with one attached hydrogen (secondary N) is 1. The fourth-order valence-corrected chi connectivity index (χ4v) is 3.98. The summed E-state index contributed by atoms with van der Waals surface area (Å²) in [7, 11) is 1.63. The highest BCUT2D eigenvalue weighted by Crippen LogP contribution is 2.27. The van der Waals surface area contributed by atoms with Crippen molar-refractivity contribution in [2.75, 3.05) is 25.1 Å². The zero-order valence-corrected chi connectivity index (χ0v) is 18.9. The van der Waals surface area contributed by atoms with Crippen LogP contribution in [-0.4, -0.2) is 36.3 Å². The number of aryl methyl sites for hydroxylation is 1. The number of methoxy groups -OCH3 is 1. The van der Waals surface area contributed by atoms with Crippen molar-refractivity contribution in [3.05, 3.63) is 59.7 Å². The van der Waals surface area contributed by atoms with Crippen LogP contribution in [0.5, 0.6) is 5.75 Å². The van der Waals surface area contributed by atoms with E-state index < -0.39 is 0 Å². The van der Waals surface area contributed by atoms with E-state index in [4.69, 9.17) is 9.15 Å². The monoisotopic (exact) mass is 434 g/mol. The van der Waals surface area contributed by atoms with E-state index in [9.17, 15) is 4.79 Å². The van der Waals surface area contributed by atoms with Crippen molar-refractivity contribution in [1.29, 1.82) is 0 Å². The summed E-state index contributed by atoms with van der Waals surface area (Å²) >= 11 is 0. The van der Waals surface area contributed by atoms with Crippen LogP contribution in [0.1, 0.15) is 43.9 Å². The van der Waals surface area contributed by atoms with Gasteiger partial charge in [-0.2, -0.15) is 0 Å². The lowest BCUT2D eigenvalue weighted by molar-refractivity contribution is -0.126. The number of anilines is 1. The third-order valence-electron chi connectivity index (χ3n) is 6.13. The molecule has 168 valence electrons. The van der Waals surface area contributed by atoms with Gasteiger partial charge >= 0.3 is 6.01 Å². The van der Waals surface area contributed by atoms with Gasteiger partial charge < -0.3 is 19.4 Å². The standard InChI is InChI=1S/C25H30N4O3/c1-4-18-5-7-19(8-6-18)17(2)26-23(30)20-13-15-29(16-14-20)25-28-27-24(32-25)21-9-11-22(31-3)12-10-21/h5-12,17,20H,4,13-16H2,1-3H3,(H,26,30)/t17-/m1/s1. The summed E-state index contributed by atoms with van der Waals surface area (Å²) in [5.74, 6) is 1.36. The maximum Gasteiger partial charge on any atom is 0.318 e. The van der Waals surface area contributed by atoms with Gasteiger partial charge in [0.25, 0.3) is 0 Å². The SMILES string of the molecule is CCc1ccc([C@@H](C)NC(=O)C2CCN(c3nnc(-c4ccc(OC)cc4)o3)CC2)cc1. The molecule has 1 amide bonds. The molecule has 2 heterocycles. The Labute approximate surface area is 188 Å². The third kappa shape index (κ3) is 4.93. The minimum Gasteiger partial charge on any atom is -0.497 e. The number of ether oxygens (including phenoxy) is 1. The number of rotatable bonds is 7. The summed E-state index contributed by atoms with van der Waals surface area (Å²) in [6.45, 7) is 5.59. The number of piperidine rings is 1. The number of amides is 1. The van der Waals surface area contributed by atoms with Crippen molar-refractivity contribution in [3.63, 3.8) is 0 Å². The lowest BCUT2D eigenvalue weighted by Crippen LogP contribution is -2.41. The second kappa shape index (κ2) is 9.85. The van der Waals surface area contributed by atoms with Gasteiger partial charge in [0.1, 0.15) is 5.75 Å². The Kier molecular flexibility index (Phi) is 6.73. The van der Waals surface area contributed by atoms with Crippen LogP contribution in [0.25, 0.3) is 11.5 Å². The Hall–Kier alpha value is -3.35. The zero-order valence-electron chi connectivity index (χ0n) is 18.9. The van der Waals surface area contributed by atoms with Gasteiger partial charge in [-0.25, -0.2) is 0 Å². The smallest absolute Gasteiger partial charge is 0.318 e. The molecule has 1 N–H and O–H groups in total. The quantitative estimate of drug-likeness (QED) is 0.594. The molecule has 0 spiro atoms. The van der Waals surface area contributed by atoms with Gasteiger partial charge in [-0.3, -0.25) is 4.79 Å². The highest BCUT2D eigenvalue weighted by molar-refractivity contribution is 5.79. The molecule has 7 nitrogen and oxygen atoms in total. The third-order valence-corrected chi connectivity index (χ3v) is 6.13. The summed E-state index contributed by atoms with van der Waals surface area (Å²) in [5.41, 5.74) is 3.28. The van der Waals surface area contributed by atoms with Crippen molar-refractivity contribution in [2.24, 2.45) is 5.92 Å². The van der Waals surface area contributed by atoms with Crippen LogP contribution < -0.4 is 15.0 Å². The molecular formula is C25H30N4O3. The Morgan fingerprint density at radius 2 is 1.81 bits per heavy atom. The van der Waals surface area contributed by atoms with Crippen molar-refractivity contribution in [2.45, 2.75) is 39.2 Å². The highest BCUT2D eigenvalue weighted by atomic mass is 16.5. The molecule has 0 unspecified atom stereocenters. The Morgan fingerprint density at radius 1 is 1.12 bits per heavy atom. The van der Waals surface area contributed by atoms with E-state index in [1.165, 1.54) is 5.56 Å². The van der Waals surface area contributed by atoms with E-state index in [1.54, 1.807) is 7.11 Å². The maximum atomic E-state index is 12.8. The minimum absolute atomic E-state index is 0.00516. The molecule has 1 aromatic heterocycles. The Morgan fingerprint density at radius 3 is 2.44 bits per heavy atom. The molecule has 1 saturated heterocycles. The molecular weight excluding hydrogens is 404 g/mol. The topological polar surface area (TPSA) is 80.5 Å². The Bertz CT molecular complexity index is 1020. The number of hydrogen-bond acceptors (Lipinski definition) is 6. The first-order valence-corrected chi connectivity index (χ1v) is 11.2. The molecule has 32 heavy (non-hydrogen) atoms. The van der Waals surface area contributed by atoms with Gasteiger partial charge in [-0.05, 0) is 61.6 Å². The number of carbonyl (C=O) groups excluding carboxylic acids is 1. The first kappa shape index (κ1) is 21.9. The molecule has 0 radical (unpaired) electrons. The van der Waals surface area contributed by atoms with Gasteiger partial charge in [-0.15, -0.1) is 5.10 Å². The van der Waals surface area contributed by atoms with Gasteiger partial charge in [0.15, 0.2) is 0 Å². The first-order chi connectivity index (χ1) is 15.6. The number of nitrogens with zero attached hydrogens (tertiary/aromatic N) is 3. The Balaban J connectivity index is 1.30. The van der Waals surface area contributed by atoms with Gasteiger partial charge in [0.05, 0.1) is 13.2 Å². The van der Waals surface area contributed by atoms with Gasteiger partial charge in [0.2, 0.25) is 11.8 Å². The van der Waals surface area contributed by atoms with Crippen LogP contribution in [0, 0.1) is 5.92 Å². The molecule has 2 aromatic carbocycles. The van der Waals surface area contributed by atoms with Crippen LogP contribution in [-0.2, 0) is 11.2 Å². The van der Waals surface area contributed by atoms with E-state index in [-0.39, 0.29) is 17.9 Å². The molecule has 1 atom stereocenters. The molecule has 1 fully saturated rings. The first-order valence-electron chi connectivity index (χ1n) is 11.2. The van der Waals surface area contributed by atoms with Crippen LogP contribution in [0.4, 0.5) is 6.01 Å². The lowest BCUT2D eigenvalue weighted by atomic mass is 9.95. The number of benzene rings is 2. The molecule has 3 aromatic rings. The van der Waals surface area contributed by atoms with Crippen LogP contribution in [0.2, 0.25) is 0 Å². The summed E-state index contributed by atoms with van der Waals surface area (Å²) in [5, 5.41) is 11.6. The van der Waals surface area contributed by atoms with Crippen LogP contribution in [0.3, 0.4) is 0 Å². The molecule has 0 saturated carbocycles. The lowest BCUT2D eigenvalue weighted by Gasteiger charge is -2.30. The summed E-state index contributed by atoms with van der Waals surface area (Å²) in [4.78, 5) is 14.9. The van der Waals surface area contributed by atoms with E-state index in [0.717, 1.165) is 36.1 Å². The van der Waals surface area contributed by atoms with Crippen molar-refractivity contribution < 1.29 is 13.9 Å². The molecule has 1 aliphatic heterocycles. The normalized spacial score (nSPS) is 15.4. The molecule has 4 rings (SSSR count). The molecule has 0 bridgehead atoms. The van der Waals surface area contributed by atoms with Crippen molar-refractivity contribution >= 4 is 11.9 Å². The fraction of sp³-hybridized carbons (Fsp3) is 0.400. The average Bonchev–Trinajstić information content (AvgIpc) is 3.34. The fourth-order valence-electron chi connectivity index (χ4n) is 3.98. The highest BCUT2D eigenvalue weighted by Gasteiger charge is 2.28. The minimum atomic E-state index is -0.00686. The molecule has 0 aliphatic carbocycles. The summed E-state index contributed by atoms with van der Waals surface area (Å²) in [6.07, 6.45) is 2.53. The largest absolute Gasteiger partial charge is 0.497 e. The number of carbonyl (C=O) groups is 1. The summed E-state index contributed by atoms with van der Waals surface area (Å²) < 4.78 is 11.1. The van der Waals surface area contributed by atoms with Crippen LogP contribution in [0.15, 0.2) is 52.9 Å². The predicted octanol–water partition coefficient (Wildman–Crippen LogP) is 4.40. The van der Waals surface area contributed by atoms with E-state index in [0.29, 0.717) is 25.0 Å². The molecule has 1 aliphatic rings. The molecule has 7 heteroatoms. The van der Waals surface area contributed by atoms with Crippen LogP contribution >= 0.6 is 0 Å². The number of aromatic nitrogens is 2. The predicted molar refractivity (Wildman–Crippen MR) is 124 cm³/mol. The van der Waals surface area contributed by atoms with E-state index >= 15 is 0 Å². The second-order valence-corrected chi connectivity index (χ2v) is 8.21. The van der Waals surface area contributed by atoms with Crippen molar-refractivity contribution in [3.8, 4) is 17.2 Å². The number of hydrogen-bond donors (Lipinski definition) is 1. The van der Waals surface area contributed by atoms with Gasteiger partial charge in [0, 0.05) is 24.6 Å². The van der Waals surface area contributed by atoms with E-state index in [1.807, 2.05) is 31.2 Å². The average molecular weight is 435 g/mol. The van der Waals surface area contributed by atoms with Crippen molar-refractivity contribution in [1.82, 2.24) is 15.5 Å². The second-order valence-electron chi connectivity index (χ2n) is 8.21. The maximum absolute atomic E-state index is 12.8. The summed E-state index contributed by atoms with van der Waals surface area (Å²) in [6, 6.07) is 16.5. The zero-order chi connectivity index (χ0) is 22.5. The van der Waals surface area contributed by atoms with E-state index in [2.05, 4.69) is 51.6 Å². The van der Waals surface area contributed by atoms with Gasteiger partial charge in [-0.1, -0.05) is 36.3 Å².